The van der Waals surface area contributed by atoms with E-state index in [1.54, 1.807) is 41.4 Å². The van der Waals surface area contributed by atoms with Crippen molar-refractivity contribution in [2.75, 3.05) is 31.1 Å². The van der Waals surface area contributed by atoms with Crippen LogP contribution in [0.3, 0.4) is 0 Å². The zero-order valence-corrected chi connectivity index (χ0v) is 19.1. The van der Waals surface area contributed by atoms with Crippen molar-refractivity contribution in [1.82, 2.24) is 14.5 Å². The third-order valence-corrected chi connectivity index (χ3v) is 7.33. The number of carbonyl (C=O) groups is 1. The van der Waals surface area contributed by atoms with Crippen LogP contribution < -0.4 is 9.64 Å². The van der Waals surface area contributed by atoms with Crippen LogP contribution in [0.4, 0.5) is 19.0 Å². The van der Waals surface area contributed by atoms with E-state index >= 15 is 0 Å². The lowest BCUT2D eigenvalue weighted by molar-refractivity contribution is -0.143. The van der Waals surface area contributed by atoms with E-state index < -0.39 is 17.5 Å². The van der Waals surface area contributed by atoms with Gasteiger partial charge in [0.25, 0.3) is 5.91 Å². The second kappa shape index (κ2) is 8.03. The quantitative estimate of drug-likeness (QED) is 0.515. The first-order valence-corrected chi connectivity index (χ1v) is 11.9. The van der Waals surface area contributed by atoms with Crippen LogP contribution in [0.2, 0.25) is 0 Å². The average molecular weight is 483 g/mol. The molecule has 0 atom stereocenters. The lowest BCUT2D eigenvalue weighted by atomic mass is 9.86. The fourth-order valence-electron chi connectivity index (χ4n) is 5.61. The van der Waals surface area contributed by atoms with Gasteiger partial charge in [-0.05, 0) is 49.2 Å². The number of benzene rings is 1. The molecule has 2 fully saturated rings. The first kappa shape index (κ1) is 22.0. The maximum absolute atomic E-state index is 13.9. The molecule has 3 aromatic rings. The van der Waals surface area contributed by atoms with Crippen LogP contribution in [-0.2, 0) is 11.8 Å². The molecule has 0 bridgehead atoms. The number of fused-ring (bicyclic) bond motifs is 4. The number of alkyl halides is 3. The van der Waals surface area contributed by atoms with Crippen molar-refractivity contribution < 1.29 is 22.7 Å². The van der Waals surface area contributed by atoms with E-state index in [4.69, 9.17) is 4.74 Å². The molecule has 2 saturated heterocycles. The lowest BCUT2D eigenvalue weighted by Crippen LogP contribution is -2.50. The summed E-state index contributed by atoms with van der Waals surface area (Å²) in [6.07, 6.45) is 0.160. The van der Waals surface area contributed by atoms with E-state index in [-0.39, 0.29) is 5.91 Å². The highest BCUT2D eigenvalue weighted by Crippen LogP contribution is 2.48. The molecule has 0 radical (unpaired) electrons. The Hall–Kier alpha value is -3.49. The number of nitrogens with zero attached hydrogens (tertiary/aromatic N) is 4. The fraction of sp³-hybridized carbons (Fsp3) is 0.385. The Bertz CT molecular complexity index is 1270. The highest BCUT2D eigenvalue weighted by atomic mass is 19.4. The molecule has 1 amide bonds. The number of para-hydroxylation sites is 2. The number of hydrogen-bond donors (Lipinski definition) is 0. The van der Waals surface area contributed by atoms with Gasteiger partial charge in [0.05, 0.1) is 16.9 Å². The topological polar surface area (TPSA) is 50.6 Å². The Morgan fingerprint density at radius 2 is 1.69 bits per heavy atom. The Labute approximate surface area is 200 Å². The molecule has 5 heterocycles. The van der Waals surface area contributed by atoms with Crippen molar-refractivity contribution in [2.24, 2.45) is 0 Å². The lowest BCUT2D eigenvalue weighted by Gasteiger charge is -2.45. The molecule has 0 unspecified atom stereocenters. The Morgan fingerprint density at radius 1 is 0.943 bits per heavy atom. The molecular formula is C26H25F3N4O2. The standard InChI is InChI=1S/C26H25F3N4O2/c27-26(28,29)22-10-9-21-25(35-20-8-2-1-7-19(20)33(21)22)11-16-32(17-12-25)24(34)18-6-5-13-30-23(18)31-14-3-4-15-31/h1-2,5-10,13H,3-4,11-12,14-17H2. The summed E-state index contributed by atoms with van der Waals surface area (Å²) in [5.41, 5.74) is -0.208. The first-order chi connectivity index (χ1) is 16.9. The predicted molar refractivity (Wildman–Crippen MR) is 124 cm³/mol. The van der Waals surface area contributed by atoms with Gasteiger partial charge in [0.2, 0.25) is 0 Å². The molecule has 3 aliphatic heterocycles. The van der Waals surface area contributed by atoms with Crippen LogP contribution in [0, 0.1) is 0 Å². The van der Waals surface area contributed by atoms with Gasteiger partial charge in [-0.25, -0.2) is 4.98 Å². The summed E-state index contributed by atoms with van der Waals surface area (Å²) in [7, 11) is 0. The molecule has 0 saturated carbocycles. The minimum atomic E-state index is -4.49. The molecule has 2 aromatic heterocycles. The number of halogens is 3. The third-order valence-electron chi connectivity index (χ3n) is 7.33. The van der Waals surface area contributed by atoms with Gasteiger partial charge < -0.3 is 19.1 Å². The van der Waals surface area contributed by atoms with Gasteiger partial charge in [-0.15, -0.1) is 0 Å². The van der Waals surface area contributed by atoms with Gasteiger partial charge in [-0.1, -0.05) is 12.1 Å². The van der Waals surface area contributed by atoms with E-state index in [0.29, 0.717) is 54.4 Å². The maximum Gasteiger partial charge on any atom is 0.431 e. The molecule has 0 aliphatic carbocycles. The van der Waals surface area contributed by atoms with Gasteiger partial charge in [0.1, 0.15) is 17.3 Å². The smallest absolute Gasteiger partial charge is 0.431 e. The second-order valence-electron chi connectivity index (χ2n) is 9.36. The number of piperidine rings is 1. The zero-order valence-electron chi connectivity index (χ0n) is 19.1. The van der Waals surface area contributed by atoms with Crippen molar-refractivity contribution in [1.29, 1.82) is 0 Å². The SMILES string of the molecule is O=C(c1cccnc1N1CCCC1)N1CCC2(CC1)Oc1ccccc1-n1c(C(F)(F)F)ccc12. The van der Waals surface area contributed by atoms with Crippen LogP contribution in [0.15, 0.2) is 54.7 Å². The second-order valence-corrected chi connectivity index (χ2v) is 9.36. The highest BCUT2D eigenvalue weighted by Gasteiger charge is 2.48. The predicted octanol–water partition coefficient (Wildman–Crippen LogP) is 5.02. The van der Waals surface area contributed by atoms with Crippen molar-refractivity contribution in [3.05, 3.63) is 71.7 Å². The summed E-state index contributed by atoms with van der Waals surface area (Å²) in [4.78, 5) is 21.9. The minimum Gasteiger partial charge on any atom is -0.479 e. The van der Waals surface area contributed by atoms with Crippen molar-refractivity contribution in [3.63, 3.8) is 0 Å². The number of rotatable bonds is 2. The van der Waals surface area contributed by atoms with Gasteiger partial charge in [-0.2, -0.15) is 13.2 Å². The van der Waals surface area contributed by atoms with E-state index in [0.717, 1.165) is 32.0 Å². The number of anilines is 1. The largest absolute Gasteiger partial charge is 0.479 e. The van der Waals surface area contributed by atoms with Crippen LogP contribution in [0.25, 0.3) is 5.69 Å². The van der Waals surface area contributed by atoms with Crippen LogP contribution in [-0.4, -0.2) is 46.5 Å². The molecule has 6 rings (SSSR count). The fourth-order valence-corrected chi connectivity index (χ4v) is 5.61. The van der Waals surface area contributed by atoms with Gasteiger partial charge in [-0.3, -0.25) is 4.79 Å². The van der Waals surface area contributed by atoms with Gasteiger partial charge >= 0.3 is 6.18 Å². The number of pyridine rings is 1. The van der Waals surface area contributed by atoms with E-state index in [1.807, 2.05) is 6.07 Å². The van der Waals surface area contributed by atoms with Crippen molar-refractivity contribution in [2.45, 2.75) is 37.5 Å². The molecule has 6 nitrogen and oxygen atoms in total. The Balaban J connectivity index is 1.30. The summed E-state index contributed by atoms with van der Waals surface area (Å²) in [6, 6.07) is 13.0. The number of likely N-dealkylation sites (tertiary alicyclic amines) is 1. The number of amides is 1. The van der Waals surface area contributed by atoms with Crippen LogP contribution >= 0.6 is 0 Å². The maximum atomic E-state index is 13.9. The molecule has 0 N–H and O–H groups in total. The summed E-state index contributed by atoms with van der Waals surface area (Å²) in [5.74, 6) is 1.03. The third kappa shape index (κ3) is 3.56. The minimum absolute atomic E-state index is 0.0996. The Kier molecular flexibility index (Phi) is 5.05. The van der Waals surface area contributed by atoms with Gasteiger partial charge in [0.15, 0.2) is 5.60 Å². The molecule has 1 spiro atoms. The number of aromatic nitrogens is 2. The summed E-state index contributed by atoms with van der Waals surface area (Å²) >= 11 is 0. The number of hydrogen-bond acceptors (Lipinski definition) is 4. The molecule has 182 valence electrons. The monoisotopic (exact) mass is 482 g/mol. The molecule has 35 heavy (non-hydrogen) atoms. The number of carbonyl (C=O) groups excluding carboxylic acids is 1. The van der Waals surface area contributed by atoms with E-state index in [1.165, 1.54) is 10.6 Å². The summed E-state index contributed by atoms with van der Waals surface area (Å²) in [6.45, 7) is 2.52. The molecular weight excluding hydrogens is 457 g/mol. The summed E-state index contributed by atoms with van der Waals surface area (Å²) < 4.78 is 49.3. The highest BCUT2D eigenvalue weighted by molar-refractivity contribution is 5.99. The van der Waals surface area contributed by atoms with E-state index in [2.05, 4.69) is 9.88 Å². The normalized spacial score (nSPS) is 18.8. The average Bonchev–Trinajstić information content (AvgIpc) is 3.55. The molecule has 9 heteroatoms. The Morgan fingerprint density at radius 3 is 2.43 bits per heavy atom. The van der Waals surface area contributed by atoms with Crippen LogP contribution in [0.5, 0.6) is 5.75 Å². The van der Waals surface area contributed by atoms with Gasteiger partial charge in [0, 0.05) is 45.2 Å². The summed E-state index contributed by atoms with van der Waals surface area (Å²) in [5, 5.41) is 0. The first-order valence-electron chi connectivity index (χ1n) is 11.9. The molecule has 1 aromatic carbocycles. The van der Waals surface area contributed by atoms with Crippen molar-refractivity contribution in [3.8, 4) is 11.4 Å². The van der Waals surface area contributed by atoms with Crippen LogP contribution in [0.1, 0.15) is 47.4 Å². The number of ether oxygens (including phenoxy) is 1. The van der Waals surface area contributed by atoms with E-state index in [9.17, 15) is 18.0 Å². The molecule has 3 aliphatic rings. The van der Waals surface area contributed by atoms with Crippen molar-refractivity contribution >= 4 is 11.7 Å². The zero-order chi connectivity index (χ0) is 24.2.